The zero-order chi connectivity index (χ0) is 20.4. The van der Waals surface area contributed by atoms with Crippen molar-refractivity contribution in [3.8, 4) is 5.75 Å². The second-order valence-electron chi connectivity index (χ2n) is 7.01. The van der Waals surface area contributed by atoms with E-state index in [9.17, 15) is 4.79 Å². The summed E-state index contributed by atoms with van der Waals surface area (Å²) in [5.41, 5.74) is 5.34. The molecule has 7 heteroatoms. The lowest BCUT2D eigenvalue weighted by atomic mass is 10.1. The van der Waals surface area contributed by atoms with Crippen LogP contribution < -0.4 is 4.74 Å². The van der Waals surface area contributed by atoms with Crippen LogP contribution >= 0.6 is 0 Å². The number of methoxy groups -OCH3 is 2. The molecule has 2 heterocycles. The highest BCUT2D eigenvalue weighted by Gasteiger charge is 2.22. The molecule has 7 nitrogen and oxygen atoms in total. The van der Waals surface area contributed by atoms with Crippen LogP contribution in [0.3, 0.4) is 0 Å². The number of ether oxygens (including phenoxy) is 2. The van der Waals surface area contributed by atoms with Crippen molar-refractivity contribution < 1.29 is 14.3 Å². The maximum Gasteiger partial charge on any atom is 0.337 e. The third-order valence-electron chi connectivity index (χ3n) is 4.95. The summed E-state index contributed by atoms with van der Waals surface area (Å²) in [6.45, 7) is 5.31. The molecule has 0 saturated heterocycles. The number of aliphatic imine (C=N–C) groups is 1. The molecule has 28 heavy (non-hydrogen) atoms. The Labute approximate surface area is 165 Å². The van der Waals surface area contributed by atoms with Crippen molar-refractivity contribution in [1.82, 2.24) is 14.8 Å². The van der Waals surface area contributed by atoms with Gasteiger partial charge in [-0.25, -0.2) is 9.79 Å². The predicted molar refractivity (Wildman–Crippen MR) is 108 cm³/mol. The van der Waals surface area contributed by atoms with Crippen LogP contribution in [0.1, 0.15) is 32.7 Å². The van der Waals surface area contributed by atoms with Crippen molar-refractivity contribution in [2.45, 2.75) is 26.9 Å². The number of hydrogen-bond donors (Lipinski definition) is 0. The highest BCUT2D eigenvalue weighted by molar-refractivity contribution is 5.92. The number of aryl methyl sites for hydroxylation is 1. The fourth-order valence-corrected chi connectivity index (χ4v) is 3.47. The number of aromatic nitrogens is 1. The summed E-state index contributed by atoms with van der Waals surface area (Å²) < 4.78 is 10.3. The van der Waals surface area contributed by atoms with Gasteiger partial charge in [0, 0.05) is 38.0 Å². The van der Waals surface area contributed by atoms with E-state index < -0.39 is 0 Å². The molecule has 1 aliphatic rings. The third kappa shape index (κ3) is 3.65. The van der Waals surface area contributed by atoms with Crippen LogP contribution in [0, 0.1) is 13.8 Å². The molecule has 0 fully saturated rings. The average molecular weight is 382 g/mol. The number of rotatable bonds is 4. The van der Waals surface area contributed by atoms with E-state index in [1.54, 1.807) is 19.2 Å². The van der Waals surface area contributed by atoms with Crippen LogP contribution in [0.25, 0.3) is 0 Å². The van der Waals surface area contributed by atoms with Gasteiger partial charge in [0.1, 0.15) is 5.75 Å². The Morgan fingerprint density at radius 1 is 1.29 bits per heavy atom. The monoisotopic (exact) mass is 382 g/mol. The molecule has 3 rings (SSSR count). The minimum absolute atomic E-state index is 0.363. The van der Waals surface area contributed by atoms with Gasteiger partial charge in [0.15, 0.2) is 0 Å². The highest BCUT2D eigenvalue weighted by Crippen LogP contribution is 2.29. The minimum Gasteiger partial charge on any atom is -0.496 e. The fourth-order valence-electron chi connectivity index (χ4n) is 3.47. The summed E-state index contributed by atoms with van der Waals surface area (Å²) in [5.74, 6) is 1.32. The zero-order valence-electron chi connectivity index (χ0n) is 17.2. The van der Waals surface area contributed by atoms with Crippen molar-refractivity contribution >= 4 is 17.6 Å². The number of fused-ring (bicyclic) bond motifs is 1. The highest BCUT2D eigenvalue weighted by atomic mass is 16.5. The summed E-state index contributed by atoms with van der Waals surface area (Å²) in [6.07, 6.45) is 1.83. The second kappa shape index (κ2) is 7.88. The number of benzene rings is 1. The molecule has 1 aromatic carbocycles. The molecule has 0 N–H and O–H groups in total. The molecular weight excluding hydrogens is 356 g/mol. The fraction of sp³-hybridized carbons (Fsp3) is 0.381. The number of pyridine rings is 1. The van der Waals surface area contributed by atoms with Crippen molar-refractivity contribution in [2.24, 2.45) is 4.99 Å². The van der Waals surface area contributed by atoms with E-state index in [-0.39, 0.29) is 5.97 Å². The summed E-state index contributed by atoms with van der Waals surface area (Å²) in [5, 5.41) is 0. The van der Waals surface area contributed by atoms with E-state index in [0.717, 1.165) is 39.8 Å². The first-order valence-corrected chi connectivity index (χ1v) is 9.07. The van der Waals surface area contributed by atoms with Crippen molar-refractivity contribution in [2.75, 3.05) is 28.3 Å². The SMILES string of the molecule is COC(=O)c1ccc2c(c1)N=C(N(C)Cc1ncc(C)c(OC)c1C)N(C)C2. The summed E-state index contributed by atoms with van der Waals surface area (Å²) >= 11 is 0. The molecule has 148 valence electrons. The van der Waals surface area contributed by atoms with Crippen LogP contribution in [0.4, 0.5) is 5.69 Å². The number of carbonyl (C=O) groups excluding carboxylic acids is 1. The van der Waals surface area contributed by atoms with Crippen molar-refractivity contribution in [1.29, 1.82) is 0 Å². The molecule has 0 saturated carbocycles. The van der Waals surface area contributed by atoms with Gasteiger partial charge in [-0.3, -0.25) is 4.98 Å². The topological polar surface area (TPSA) is 67.3 Å². The van der Waals surface area contributed by atoms with E-state index in [1.165, 1.54) is 7.11 Å². The molecule has 0 bridgehead atoms. The Morgan fingerprint density at radius 3 is 2.71 bits per heavy atom. The van der Waals surface area contributed by atoms with Crippen LogP contribution in [-0.4, -0.2) is 55.0 Å². The van der Waals surface area contributed by atoms with Crippen LogP contribution in [-0.2, 0) is 17.8 Å². The molecule has 2 aromatic rings. The molecule has 0 amide bonds. The van der Waals surface area contributed by atoms with E-state index in [1.807, 2.05) is 40.2 Å². The second-order valence-corrected chi connectivity index (χ2v) is 7.01. The third-order valence-corrected chi connectivity index (χ3v) is 4.95. The van der Waals surface area contributed by atoms with Gasteiger partial charge in [0.25, 0.3) is 0 Å². The normalized spacial score (nSPS) is 12.9. The minimum atomic E-state index is -0.363. The van der Waals surface area contributed by atoms with Crippen LogP contribution in [0.2, 0.25) is 0 Å². The van der Waals surface area contributed by atoms with Gasteiger partial charge < -0.3 is 19.3 Å². The Balaban J connectivity index is 1.91. The average Bonchev–Trinajstić information content (AvgIpc) is 2.69. The number of hydrogen-bond acceptors (Lipinski definition) is 7. The molecule has 1 aromatic heterocycles. The van der Waals surface area contributed by atoms with Gasteiger partial charge in [-0.05, 0) is 31.5 Å². The lowest BCUT2D eigenvalue weighted by molar-refractivity contribution is 0.0600. The molecule has 0 spiro atoms. The van der Waals surface area contributed by atoms with Gasteiger partial charge in [-0.15, -0.1) is 0 Å². The summed E-state index contributed by atoms with van der Waals surface area (Å²) in [7, 11) is 7.04. The quantitative estimate of drug-likeness (QED) is 0.757. The lowest BCUT2D eigenvalue weighted by Crippen LogP contribution is -2.41. The largest absolute Gasteiger partial charge is 0.496 e. The molecule has 1 aliphatic heterocycles. The van der Waals surface area contributed by atoms with E-state index in [2.05, 4.69) is 14.8 Å². The van der Waals surface area contributed by atoms with Crippen LogP contribution in [0.5, 0.6) is 5.75 Å². The first kappa shape index (κ1) is 19.7. The van der Waals surface area contributed by atoms with Crippen molar-refractivity contribution in [3.63, 3.8) is 0 Å². The molecular formula is C21H26N4O3. The van der Waals surface area contributed by atoms with Crippen molar-refractivity contribution in [3.05, 3.63) is 52.3 Å². The molecule has 0 aliphatic carbocycles. The number of nitrogens with zero attached hydrogens (tertiary/aromatic N) is 4. The lowest BCUT2D eigenvalue weighted by Gasteiger charge is -2.33. The molecule has 0 unspecified atom stereocenters. The Kier molecular flexibility index (Phi) is 5.53. The maximum atomic E-state index is 11.8. The predicted octanol–water partition coefficient (Wildman–Crippen LogP) is 3.06. The first-order chi connectivity index (χ1) is 13.3. The standard InChI is InChI=1S/C21H26N4O3/c1-13-10-22-18(14(2)19(13)27-5)12-25(4)21-23-17-9-15(20(26)28-6)7-8-16(17)11-24(21)3/h7-10H,11-12H2,1-6H3. The van der Waals surface area contributed by atoms with E-state index in [4.69, 9.17) is 14.5 Å². The van der Waals surface area contributed by atoms with Crippen LogP contribution in [0.15, 0.2) is 29.4 Å². The number of esters is 1. The van der Waals surface area contributed by atoms with Gasteiger partial charge >= 0.3 is 5.97 Å². The number of carbonyl (C=O) groups is 1. The van der Waals surface area contributed by atoms with Gasteiger partial charge in [-0.1, -0.05) is 6.07 Å². The summed E-state index contributed by atoms with van der Waals surface area (Å²) in [6, 6.07) is 5.48. The van der Waals surface area contributed by atoms with E-state index >= 15 is 0 Å². The Bertz CT molecular complexity index is 939. The first-order valence-electron chi connectivity index (χ1n) is 9.07. The molecule has 0 atom stereocenters. The summed E-state index contributed by atoms with van der Waals surface area (Å²) in [4.78, 5) is 25.3. The van der Waals surface area contributed by atoms with Gasteiger partial charge in [-0.2, -0.15) is 0 Å². The Morgan fingerprint density at radius 2 is 2.04 bits per heavy atom. The van der Waals surface area contributed by atoms with Gasteiger partial charge in [0.05, 0.1) is 37.7 Å². The van der Waals surface area contributed by atoms with E-state index in [0.29, 0.717) is 18.7 Å². The maximum absolute atomic E-state index is 11.8. The van der Waals surface area contributed by atoms with Gasteiger partial charge in [0.2, 0.25) is 5.96 Å². The smallest absolute Gasteiger partial charge is 0.337 e. The molecule has 0 radical (unpaired) electrons. The number of guanidine groups is 1. The zero-order valence-corrected chi connectivity index (χ0v) is 17.2. The Hall–Kier alpha value is -3.09.